The summed E-state index contributed by atoms with van der Waals surface area (Å²) in [5, 5.41) is 6.00. The van der Waals surface area contributed by atoms with E-state index in [4.69, 9.17) is 9.15 Å². The summed E-state index contributed by atoms with van der Waals surface area (Å²) in [6.07, 6.45) is 0.577. The van der Waals surface area contributed by atoms with Crippen LogP contribution in [0.4, 0.5) is 0 Å². The smallest absolute Gasteiger partial charge is 0.239 e. The standard InChI is InChI=1S/C15H19N3O3/c1-10-3-2-4-12-14(10)18-13(21-12)5-6-17-15(19)11-9-20-8-7-16-11/h2-4,11,16H,5-9H2,1H3,(H,17,19). The summed E-state index contributed by atoms with van der Waals surface area (Å²) in [6, 6.07) is 5.60. The van der Waals surface area contributed by atoms with Crippen molar-refractivity contribution in [1.29, 1.82) is 0 Å². The Kier molecular flexibility index (Phi) is 4.17. The molecule has 3 rings (SSSR count). The number of amides is 1. The number of aryl methyl sites for hydroxylation is 1. The van der Waals surface area contributed by atoms with Gasteiger partial charge in [0.25, 0.3) is 0 Å². The van der Waals surface area contributed by atoms with Crippen LogP contribution >= 0.6 is 0 Å². The van der Waals surface area contributed by atoms with Crippen LogP contribution in [0.1, 0.15) is 11.5 Å². The predicted molar refractivity (Wildman–Crippen MR) is 78.1 cm³/mol. The molecule has 21 heavy (non-hydrogen) atoms. The van der Waals surface area contributed by atoms with Crippen molar-refractivity contribution in [3.8, 4) is 0 Å². The summed E-state index contributed by atoms with van der Waals surface area (Å²) in [4.78, 5) is 16.4. The minimum Gasteiger partial charge on any atom is -0.441 e. The number of carbonyl (C=O) groups is 1. The molecule has 1 atom stereocenters. The molecule has 1 amide bonds. The average molecular weight is 289 g/mol. The van der Waals surface area contributed by atoms with Crippen LogP contribution in [-0.2, 0) is 16.0 Å². The third kappa shape index (κ3) is 3.22. The molecule has 1 aliphatic heterocycles. The van der Waals surface area contributed by atoms with E-state index in [2.05, 4.69) is 15.6 Å². The maximum Gasteiger partial charge on any atom is 0.239 e. The molecule has 0 spiro atoms. The third-order valence-corrected chi connectivity index (χ3v) is 3.54. The lowest BCUT2D eigenvalue weighted by Gasteiger charge is -2.22. The normalized spacial score (nSPS) is 18.8. The van der Waals surface area contributed by atoms with Gasteiger partial charge in [-0.3, -0.25) is 4.79 Å². The van der Waals surface area contributed by atoms with Gasteiger partial charge in [-0.1, -0.05) is 12.1 Å². The van der Waals surface area contributed by atoms with Crippen molar-refractivity contribution in [3.63, 3.8) is 0 Å². The number of carbonyl (C=O) groups excluding carboxylic acids is 1. The first-order chi connectivity index (χ1) is 10.2. The van der Waals surface area contributed by atoms with Crippen LogP contribution < -0.4 is 10.6 Å². The number of fused-ring (bicyclic) bond motifs is 1. The number of benzene rings is 1. The molecule has 6 nitrogen and oxygen atoms in total. The SMILES string of the molecule is Cc1cccc2oc(CCNC(=O)C3COCCN3)nc12. The number of oxazole rings is 1. The van der Waals surface area contributed by atoms with E-state index in [1.54, 1.807) is 0 Å². The average Bonchev–Trinajstić information content (AvgIpc) is 2.92. The molecule has 1 unspecified atom stereocenters. The van der Waals surface area contributed by atoms with Crippen molar-refractivity contribution in [2.45, 2.75) is 19.4 Å². The van der Waals surface area contributed by atoms with E-state index in [1.807, 2.05) is 25.1 Å². The molecule has 1 aromatic carbocycles. The van der Waals surface area contributed by atoms with E-state index in [-0.39, 0.29) is 11.9 Å². The zero-order chi connectivity index (χ0) is 14.7. The van der Waals surface area contributed by atoms with Gasteiger partial charge in [-0.05, 0) is 18.6 Å². The van der Waals surface area contributed by atoms with Gasteiger partial charge in [-0.25, -0.2) is 4.98 Å². The van der Waals surface area contributed by atoms with Gasteiger partial charge in [-0.2, -0.15) is 0 Å². The Bertz CT molecular complexity index is 632. The van der Waals surface area contributed by atoms with Crippen LogP contribution in [0, 0.1) is 6.92 Å². The molecule has 2 aromatic rings. The topological polar surface area (TPSA) is 76.4 Å². The van der Waals surface area contributed by atoms with E-state index in [1.165, 1.54) is 0 Å². The summed E-state index contributed by atoms with van der Waals surface area (Å²) < 4.78 is 10.9. The van der Waals surface area contributed by atoms with Gasteiger partial charge < -0.3 is 19.8 Å². The maximum atomic E-state index is 11.9. The first-order valence-corrected chi connectivity index (χ1v) is 7.18. The molecule has 2 N–H and O–H groups in total. The molecule has 6 heteroatoms. The zero-order valence-corrected chi connectivity index (χ0v) is 12.0. The number of hydrogen-bond donors (Lipinski definition) is 2. The van der Waals surface area contributed by atoms with Crippen LogP contribution in [-0.4, -0.2) is 43.2 Å². The summed E-state index contributed by atoms with van der Waals surface area (Å²) in [7, 11) is 0. The highest BCUT2D eigenvalue weighted by molar-refractivity contribution is 5.82. The third-order valence-electron chi connectivity index (χ3n) is 3.54. The molecular weight excluding hydrogens is 270 g/mol. The summed E-state index contributed by atoms with van der Waals surface area (Å²) >= 11 is 0. The highest BCUT2D eigenvalue weighted by Crippen LogP contribution is 2.18. The first-order valence-electron chi connectivity index (χ1n) is 7.18. The number of hydrogen-bond acceptors (Lipinski definition) is 5. The molecular formula is C15H19N3O3. The fourth-order valence-electron chi connectivity index (χ4n) is 2.39. The predicted octanol–water partition coefficient (Wildman–Crippen LogP) is 0.783. The monoisotopic (exact) mass is 289 g/mol. The molecule has 2 heterocycles. The summed E-state index contributed by atoms with van der Waals surface area (Å²) in [5.74, 6) is 0.606. The number of rotatable bonds is 4. The molecule has 0 radical (unpaired) electrons. The number of morpholine rings is 1. The number of aromatic nitrogens is 1. The van der Waals surface area contributed by atoms with Crippen LogP contribution in [0.25, 0.3) is 11.1 Å². The minimum absolute atomic E-state index is 0.0398. The van der Waals surface area contributed by atoms with Gasteiger partial charge in [0.1, 0.15) is 11.6 Å². The van der Waals surface area contributed by atoms with Crippen LogP contribution in [0.2, 0.25) is 0 Å². The molecule has 0 bridgehead atoms. The van der Waals surface area contributed by atoms with Gasteiger partial charge >= 0.3 is 0 Å². The Morgan fingerprint density at radius 1 is 1.52 bits per heavy atom. The Balaban J connectivity index is 1.54. The molecule has 112 valence electrons. The second-order valence-electron chi connectivity index (χ2n) is 5.15. The lowest BCUT2D eigenvalue weighted by Crippen LogP contribution is -2.51. The maximum absolute atomic E-state index is 11.9. The molecule has 0 saturated carbocycles. The molecule has 1 saturated heterocycles. The molecule has 1 fully saturated rings. The number of nitrogens with one attached hydrogen (secondary N) is 2. The fraction of sp³-hybridized carbons (Fsp3) is 0.467. The van der Waals surface area contributed by atoms with Crippen molar-refractivity contribution >= 4 is 17.0 Å². The summed E-state index contributed by atoms with van der Waals surface area (Å²) in [5.41, 5.74) is 2.77. The van der Waals surface area contributed by atoms with E-state index >= 15 is 0 Å². The molecule has 1 aliphatic rings. The van der Waals surface area contributed by atoms with E-state index < -0.39 is 0 Å². The lowest BCUT2D eigenvalue weighted by atomic mass is 10.2. The Morgan fingerprint density at radius 3 is 3.19 bits per heavy atom. The van der Waals surface area contributed by atoms with Gasteiger partial charge in [0, 0.05) is 19.5 Å². The Morgan fingerprint density at radius 2 is 2.43 bits per heavy atom. The molecule has 0 aliphatic carbocycles. The lowest BCUT2D eigenvalue weighted by molar-refractivity contribution is -0.125. The van der Waals surface area contributed by atoms with Crippen molar-refractivity contribution in [3.05, 3.63) is 29.7 Å². The van der Waals surface area contributed by atoms with Crippen LogP contribution in [0.5, 0.6) is 0 Å². The van der Waals surface area contributed by atoms with Gasteiger partial charge in [-0.15, -0.1) is 0 Å². The fourth-order valence-corrected chi connectivity index (χ4v) is 2.39. The highest BCUT2D eigenvalue weighted by Gasteiger charge is 2.20. The first kappa shape index (κ1) is 14.0. The van der Waals surface area contributed by atoms with E-state index in [9.17, 15) is 4.79 Å². The van der Waals surface area contributed by atoms with Crippen molar-refractivity contribution < 1.29 is 13.9 Å². The number of nitrogens with zero attached hydrogens (tertiary/aromatic N) is 1. The Hall–Kier alpha value is -1.92. The highest BCUT2D eigenvalue weighted by atomic mass is 16.5. The van der Waals surface area contributed by atoms with E-state index in [0.29, 0.717) is 38.6 Å². The van der Waals surface area contributed by atoms with Crippen LogP contribution in [0.3, 0.4) is 0 Å². The number of para-hydroxylation sites is 1. The minimum atomic E-state index is -0.260. The van der Waals surface area contributed by atoms with E-state index in [0.717, 1.165) is 16.7 Å². The van der Waals surface area contributed by atoms with Gasteiger partial charge in [0.15, 0.2) is 11.5 Å². The second kappa shape index (κ2) is 6.24. The second-order valence-corrected chi connectivity index (χ2v) is 5.15. The largest absolute Gasteiger partial charge is 0.441 e. The van der Waals surface area contributed by atoms with Gasteiger partial charge in [0.2, 0.25) is 5.91 Å². The zero-order valence-electron chi connectivity index (χ0n) is 12.0. The molecule has 1 aromatic heterocycles. The summed E-state index contributed by atoms with van der Waals surface area (Å²) in [6.45, 7) is 4.30. The van der Waals surface area contributed by atoms with Crippen molar-refractivity contribution in [2.75, 3.05) is 26.3 Å². The van der Waals surface area contributed by atoms with Crippen LogP contribution in [0.15, 0.2) is 22.6 Å². The van der Waals surface area contributed by atoms with Crippen molar-refractivity contribution in [2.24, 2.45) is 0 Å². The Labute approximate surface area is 122 Å². The quantitative estimate of drug-likeness (QED) is 0.870. The van der Waals surface area contributed by atoms with Gasteiger partial charge in [0.05, 0.1) is 13.2 Å². The van der Waals surface area contributed by atoms with Crippen molar-refractivity contribution in [1.82, 2.24) is 15.6 Å². The number of ether oxygens (including phenoxy) is 1.